The Morgan fingerprint density at radius 3 is 2.40 bits per heavy atom. The number of nitrogens with zero attached hydrogens (tertiary/aromatic N) is 1. The standard InChI is InChI=1S/C25H17Br2ClFNO4S/c26-17-11-15(12-18(27)23(17)34-14-16-5-1-3-7-20(16)29)13-22-24(31)30(25(32)35-22)9-10-33-21-8-4-2-6-19(21)28/h1-8,11-13H,9-10,14H2/b22-13-. The fourth-order valence-corrected chi connectivity index (χ4v) is 5.73. The van der Waals surface area contributed by atoms with Crippen LogP contribution in [0.1, 0.15) is 11.1 Å². The molecule has 1 heterocycles. The van der Waals surface area contributed by atoms with Crippen LogP contribution in [0.25, 0.3) is 6.08 Å². The number of rotatable bonds is 8. The van der Waals surface area contributed by atoms with E-state index in [1.165, 1.54) is 6.07 Å². The zero-order valence-corrected chi connectivity index (χ0v) is 22.7. The molecule has 0 aromatic heterocycles. The molecule has 5 nitrogen and oxygen atoms in total. The van der Waals surface area contributed by atoms with E-state index < -0.39 is 5.91 Å². The first-order valence-corrected chi connectivity index (χ1v) is 13.1. The van der Waals surface area contributed by atoms with Gasteiger partial charge >= 0.3 is 0 Å². The molecule has 1 fully saturated rings. The zero-order chi connectivity index (χ0) is 24.9. The number of hydrogen-bond donors (Lipinski definition) is 0. The van der Waals surface area contributed by atoms with Crippen molar-refractivity contribution < 1.29 is 23.5 Å². The molecule has 35 heavy (non-hydrogen) atoms. The van der Waals surface area contributed by atoms with E-state index in [0.29, 0.717) is 41.5 Å². The molecule has 0 atom stereocenters. The maximum Gasteiger partial charge on any atom is 0.293 e. The number of hydrogen-bond acceptors (Lipinski definition) is 5. The van der Waals surface area contributed by atoms with E-state index in [2.05, 4.69) is 31.9 Å². The van der Waals surface area contributed by atoms with Gasteiger partial charge in [-0.05, 0) is 85.6 Å². The van der Waals surface area contributed by atoms with Crippen molar-refractivity contribution in [1.82, 2.24) is 4.90 Å². The maximum absolute atomic E-state index is 13.9. The Bertz CT molecular complexity index is 1300. The Morgan fingerprint density at radius 2 is 1.69 bits per heavy atom. The number of ether oxygens (including phenoxy) is 2. The third-order valence-electron chi connectivity index (χ3n) is 4.93. The molecular weight excluding hydrogens is 625 g/mol. The SMILES string of the molecule is O=C1S/C(=C\c2cc(Br)c(OCc3ccccc3F)c(Br)c2)C(=O)N1CCOc1ccccc1Cl. The van der Waals surface area contributed by atoms with E-state index >= 15 is 0 Å². The molecule has 10 heteroatoms. The first-order valence-electron chi connectivity index (χ1n) is 10.3. The summed E-state index contributed by atoms with van der Waals surface area (Å²) < 4.78 is 26.5. The molecule has 3 aromatic carbocycles. The first kappa shape index (κ1) is 25.8. The van der Waals surface area contributed by atoms with Gasteiger partial charge in [0.1, 0.15) is 30.5 Å². The first-order chi connectivity index (χ1) is 16.8. The highest BCUT2D eigenvalue weighted by Crippen LogP contribution is 2.38. The fraction of sp³-hybridized carbons (Fsp3) is 0.120. The molecule has 0 unspecified atom stereocenters. The second-order valence-corrected chi connectivity index (χ2v) is 10.4. The minimum atomic E-state index is -0.394. The lowest BCUT2D eigenvalue weighted by molar-refractivity contribution is -0.123. The molecule has 0 N–H and O–H groups in total. The summed E-state index contributed by atoms with van der Waals surface area (Å²) in [6.45, 7) is 0.280. The molecule has 4 rings (SSSR count). The molecule has 0 radical (unpaired) electrons. The van der Waals surface area contributed by atoms with Crippen LogP contribution in [0.2, 0.25) is 5.02 Å². The van der Waals surface area contributed by atoms with Gasteiger partial charge in [-0.1, -0.05) is 41.9 Å². The van der Waals surface area contributed by atoms with Crippen molar-refractivity contribution in [3.8, 4) is 11.5 Å². The second kappa shape index (κ2) is 11.6. The van der Waals surface area contributed by atoms with Crippen molar-refractivity contribution in [2.75, 3.05) is 13.2 Å². The van der Waals surface area contributed by atoms with E-state index in [9.17, 15) is 14.0 Å². The number of halogens is 4. The quantitative estimate of drug-likeness (QED) is 0.236. The smallest absolute Gasteiger partial charge is 0.293 e. The highest BCUT2D eigenvalue weighted by molar-refractivity contribution is 9.11. The van der Waals surface area contributed by atoms with Crippen LogP contribution in [0.3, 0.4) is 0 Å². The highest BCUT2D eigenvalue weighted by Gasteiger charge is 2.35. The van der Waals surface area contributed by atoms with Gasteiger partial charge in [0.2, 0.25) is 0 Å². The number of imide groups is 1. The third-order valence-corrected chi connectivity index (χ3v) is 7.33. The Kier molecular flexibility index (Phi) is 8.54. The molecule has 1 aliphatic rings. The van der Waals surface area contributed by atoms with Gasteiger partial charge in [-0.3, -0.25) is 14.5 Å². The second-order valence-electron chi connectivity index (χ2n) is 7.31. The summed E-state index contributed by atoms with van der Waals surface area (Å²) in [6, 6.07) is 16.9. The monoisotopic (exact) mass is 639 g/mol. The lowest BCUT2D eigenvalue weighted by Crippen LogP contribution is -2.32. The maximum atomic E-state index is 13.9. The van der Waals surface area contributed by atoms with Gasteiger partial charge < -0.3 is 9.47 Å². The van der Waals surface area contributed by atoms with Crippen LogP contribution >= 0.6 is 55.2 Å². The minimum Gasteiger partial charge on any atom is -0.490 e. The molecule has 0 saturated carbocycles. The molecule has 3 aromatic rings. The van der Waals surface area contributed by atoms with Crippen LogP contribution in [0.15, 0.2) is 74.5 Å². The van der Waals surface area contributed by atoms with E-state index in [-0.39, 0.29) is 30.8 Å². The summed E-state index contributed by atoms with van der Waals surface area (Å²) in [6.07, 6.45) is 1.63. The van der Waals surface area contributed by atoms with E-state index in [1.54, 1.807) is 60.7 Å². The number of carbonyl (C=O) groups is 2. The topological polar surface area (TPSA) is 55.8 Å². The number of carbonyl (C=O) groups excluding carboxylic acids is 2. The lowest BCUT2D eigenvalue weighted by atomic mass is 10.2. The number of amides is 2. The van der Waals surface area contributed by atoms with E-state index in [1.807, 2.05) is 0 Å². The highest BCUT2D eigenvalue weighted by atomic mass is 79.9. The van der Waals surface area contributed by atoms with Gasteiger partial charge in [0.05, 0.1) is 25.4 Å². The van der Waals surface area contributed by atoms with Gasteiger partial charge in [0, 0.05) is 5.56 Å². The minimum absolute atomic E-state index is 0.0539. The van der Waals surface area contributed by atoms with Gasteiger partial charge in [-0.2, -0.15) is 0 Å². The van der Waals surface area contributed by atoms with Crippen LogP contribution in [-0.2, 0) is 11.4 Å². The third kappa shape index (κ3) is 6.27. The molecule has 1 aliphatic heterocycles. The van der Waals surface area contributed by atoms with E-state index in [4.69, 9.17) is 21.1 Å². The Balaban J connectivity index is 1.42. The van der Waals surface area contributed by atoms with Crippen LogP contribution in [0.4, 0.5) is 9.18 Å². The number of thioether (sulfide) groups is 1. The van der Waals surface area contributed by atoms with E-state index in [0.717, 1.165) is 16.7 Å². The van der Waals surface area contributed by atoms with Crippen LogP contribution in [0, 0.1) is 5.82 Å². The van der Waals surface area contributed by atoms with Crippen LogP contribution in [-0.4, -0.2) is 29.2 Å². The number of para-hydroxylation sites is 1. The average molecular weight is 642 g/mol. The molecule has 180 valence electrons. The summed E-state index contributed by atoms with van der Waals surface area (Å²) in [5, 5.41) is 0.0889. The summed E-state index contributed by atoms with van der Waals surface area (Å²) in [5.74, 6) is 0.248. The summed E-state index contributed by atoms with van der Waals surface area (Å²) in [7, 11) is 0. The Morgan fingerprint density at radius 1 is 1.00 bits per heavy atom. The van der Waals surface area contributed by atoms with Crippen LogP contribution in [0.5, 0.6) is 11.5 Å². The average Bonchev–Trinajstić information content (AvgIpc) is 3.08. The van der Waals surface area contributed by atoms with Gasteiger partial charge in [-0.15, -0.1) is 0 Å². The summed E-state index contributed by atoms with van der Waals surface area (Å²) >= 11 is 13.9. The molecule has 0 spiro atoms. The Labute approximate surface area is 227 Å². The Hall–Kier alpha value is -2.33. The van der Waals surface area contributed by atoms with Crippen molar-refractivity contribution >= 4 is 72.4 Å². The fourth-order valence-electron chi connectivity index (χ4n) is 3.22. The predicted octanol–water partition coefficient (Wildman–Crippen LogP) is 7.70. The predicted molar refractivity (Wildman–Crippen MR) is 142 cm³/mol. The molecular formula is C25H17Br2ClFNO4S. The summed E-state index contributed by atoms with van der Waals surface area (Å²) in [4.78, 5) is 26.7. The van der Waals surface area contributed by atoms with Crippen molar-refractivity contribution in [2.45, 2.75) is 6.61 Å². The number of benzene rings is 3. The molecule has 1 saturated heterocycles. The largest absolute Gasteiger partial charge is 0.490 e. The van der Waals surface area contributed by atoms with Gasteiger partial charge in [0.15, 0.2) is 0 Å². The van der Waals surface area contributed by atoms with Gasteiger partial charge in [0.25, 0.3) is 11.1 Å². The molecule has 2 amide bonds. The normalized spacial score (nSPS) is 14.6. The van der Waals surface area contributed by atoms with Crippen molar-refractivity contribution in [1.29, 1.82) is 0 Å². The summed E-state index contributed by atoms with van der Waals surface area (Å²) in [5.41, 5.74) is 1.11. The van der Waals surface area contributed by atoms with Gasteiger partial charge in [-0.25, -0.2) is 4.39 Å². The van der Waals surface area contributed by atoms with Crippen molar-refractivity contribution in [3.63, 3.8) is 0 Å². The molecule has 0 aliphatic carbocycles. The van der Waals surface area contributed by atoms with Crippen molar-refractivity contribution in [3.05, 3.63) is 96.5 Å². The molecule has 0 bridgehead atoms. The van der Waals surface area contributed by atoms with Crippen molar-refractivity contribution in [2.24, 2.45) is 0 Å². The lowest BCUT2D eigenvalue weighted by Gasteiger charge is -2.14. The zero-order valence-electron chi connectivity index (χ0n) is 18.0. The van der Waals surface area contributed by atoms with Crippen LogP contribution < -0.4 is 9.47 Å².